The van der Waals surface area contributed by atoms with Crippen molar-refractivity contribution in [2.75, 3.05) is 19.6 Å². The number of aryl methyl sites for hydroxylation is 2. The molecule has 2 saturated heterocycles. The van der Waals surface area contributed by atoms with E-state index >= 15 is 0 Å². The second-order valence-corrected chi connectivity index (χ2v) is 8.54. The molecule has 31 heavy (non-hydrogen) atoms. The Bertz CT molecular complexity index is 1100. The van der Waals surface area contributed by atoms with Crippen LogP contribution in [0.15, 0.2) is 61.1 Å². The van der Waals surface area contributed by atoms with Crippen molar-refractivity contribution in [1.29, 1.82) is 0 Å². The summed E-state index contributed by atoms with van der Waals surface area (Å²) >= 11 is 0. The Morgan fingerprint density at radius 2 is 1.84 bits per heavy atom. The highest BCUT2D eigenvalue weighted by molar-refractivity contribution is 5.95. The van der Waals surface area contributed by atoms with Gasteiger partial charge < -0.3 is 14.4 Å². The molecule has 1 aromatic carbocycles. The van der Waals surface area contributed by atoms with E-state index in [-0.39, 0.29) is 29.7 Å². The van der Waals surface area contributed by atoms with Crippen molar-refractivity contribution in [2.45, 2.75) is 19.5 Å². The van der Waals surface area contributed by atoms with Crippen LogP contribution < -0.4 is 0 Å². The van der Waals surface area contributed by atoms with E-state index in [0.29, 0.717) is 30.9 Å². The number of fused-ring (bicyclic) bond motifs is 1. The van der Waals surface area contributed by atoms with Gasteiger partial charge in [0.25, 0.3) is 11.8 Å². The van der Waals surface area contributed by atoms with Gasteiger partial charge in [0.05, 0.1) is 17.8 Å². The molecule has 2 aliphatic rings. The molecule has 0 N–H and O–H groups in total. The van der Waals surface area contributed by atoms with Crippen molar-refractivity contribution in [1.82, 2.24) is 24.1 Å². The molecule has 7 heteroatoms. The Balaban J connectivity index is 1.43. The molecule has 0 spiro atoms. The van der Waals surface area contributed by atoms with Crippen LogP contribution in [0.3, 0.4) is 0 Å². The minimum Gasteiger partial charge on any atom is -0.347 e. The molecule has 160 valence electrons. The van der Waals surface area contributed by atoms with E-state index in [1.54, 1.807) is 10.9 Å². The monoisotopic (exact) mass is 417 g/mol. The summed E-state index contributed by atoms with van der Waals surface area (Å²) in [6.45, 7) is 4.73. The fourth-order valence-electron chi connectivity index (χ4n) is 5.16. The highest BCUT2D eigenvalue weighted by Gasteiger charge is 2.50. The number of rotatable bonds is 4. The number of hydrogen-bond acceptors (Lipinski definition) is 3. The summed E-state index contributed by atoms with van der Waals surface area (Å²) in [5.74, 6) is 0.565. The lowest BCUT2D eigenvalue weighted by Gasteiger charge is -2.30. The van der Waals surface area contributed by atoms with Gasteiger partial charge >= 0.3 is 0 Å². The van der Waals surface area contributed by atoms with E-state index in [0.717, 1.165) is 12.1 Å². The number of carbonyl (C=O) groups excluding carboxylic acids is 2. The molecule has 0 unspecified atom stereocenters. The fourth-order valence-corrected chi connectivity index (χ4v) is 5.16. The van der Waals surface area contributed by atoms with Crippen LogP contribution in [0.5, 0.6) is 0 Å². The molecule has 0 saturated carbocycles. The molecule has 2 aromatic heterocycles. The summed E-state index contributed by atoms with van der Waals surface area (Å²) in [6, 6.07) is 13.9. The number of likely N-dealkylation sites (tertiary alicyclic amines) is 2. The van der Waals surface area contributed by atoms with Gasteiger partial charge in [0.1, 0.15) is 5.69 Å². The highest BCUT2D eigenvalue weighted by Crippen LogP contribution is 2.45. The summed E-state index contributed by atoms with van der Waals surface area (Å²) < 4.78 is 3.65. The fraction of sp³-hybridized carbons (Fsp3) is 0.375. The Morgan fingerprint density at radius 1 is 1.03 bits per heavy atom. The van der Waals surface area contributed by atoms with Gasteiger partial charge in [0.2, 0.25) is 0 Å². The lowest BCUT2D eigenvalue weighted by atomic mass is 9.89. The molecule has 2 fully saturated rings. The van der Waals surface area contributed by atoms with Gasteiger partial charge in [0, 0.05) is 57.5 Å². The molecule has 4 heterocycles. The molecule has 3 atom stereocenters. The summed E-state index contributed by atoms with van der Waals surface area (Å²) in [5, 5.41) is 4.28. The zero-order valence-corrected chi connectivity index (χ0v) is 17.9. The quantitative estimate of drug-likeness (QED) is 0.656. The van der Waals surface area contributed by atoms with Gasteiger partial charge in [-0.1, -0.05) is 30.3 Å². The third-order valence-electron chi connectivity index (χ3n) is 6.72. The van der Waals surface area contributed by atoms with Crippen LogP contribution in [0.25, 0.3) is 0 Å². The van der Waals surface area contributed by atoms with Crippen molar-refractivity contribution in [3.8, 4) is 0 Å². The summed E-state index contributed by atoms with van der Waals surface area (Å²) in [7, 11) is 1.90. The lowest BCUT2D eigenvalue weighted by molar-refractivity contribution is 0.0674. The second kappa shape index (κ2) is 7.72. The zero-order chi connectivity index (χ0) is 21.5. The van der Waals surface area contributed by atoms with Crippen molar-refractivity contribution in [3.63, 3.8) is 0 Å². The van der Waals surface area contributed by atoms with Crippen molar-refractivity contribution in [3.05, 3.63) is 77.9 Å². The van der Waals surface area contributed by atoms with Crippen LogP contribution in [0.4, 0.5) is 0 Å². The molecular weight excluding hydrogens is 390 g/mol. The van der Waals surface area contributed by atoms with E-state index < -0.39 is 0 Å². The SMILES string of the molecule is CCn1cc(C(=O)N2C[C@@H]3CN(C(=O)c4cccn4C)C[C@@H]3[C@H]2c2ccccc2)cn1. The first kappa shape index (κ1) is 19.6. The first-order valence-corrected chi connectivity index (χ1v) is 10.9. The normalized spacial score (nSPS) is 22.7. The average molecular weight is 418 g/mol. The van der Waals surface area contributed by atoms with Crippen molar-refractivity contribution >= 4 is 11.8 Å². The van der Waals surface area contributed by atoms with Gasteiger partial charge in [-0.2, -0.15) is 5.10 Å². The van der Waals surface area contributed by atoms with Gasteiger partial charge in [-0.05, 0) is 24.6 Å². The van der Waals surface area contributed by atoms with E-state index in [1.165, 1.54) is 0 Å². The number of aromatic nitrogens is 3. The third kappa shape index (κ3) is 3.34. The molecule has 2 aliphatic heterocycles. The van der Waals surface area contributed by atoms with Crippen LogP contribution >= 0.6 is 0 Å². The van der Waals surface area contributed by atoms with Crippen LogP contribution in [0, 0.1) is 11.8 Å². The number of carbonyl (C=O) groups is 2. The van der Waals surface area contributed by atoms with E-state index in [9.17, 15) is 9.59 Å². The van der Waals surface area contributed by atoms with Crippen LogP contribution in [0.1, 0.15) is 39.4 Å². The average Bonchev–Trinajstić information content (AvgIpc) is 3.56. The number of hydrogen-bond donors (Lipinski definition) is 0. The van der Waals surface area contributed by atoms with Crippen LogP contribution in [-0.4, -0.2) is 55.6 Å². The van der Waals surface area contributed by atoms with Crippen LogP contribution in [-0.2, 0) is 13.6 Å². The second-order valence-electron chi connectivity index (χ2n) is 8.54. The van der Waals surface area contributed by atoms with E-state index in [2.05, 4.69) is 17.2 Å². The standard InChI is InChI=1S/C24H27N5O2/c1-3-28-14-18(12-25-28)23(30)29-15-19-13-27(24(31)21-10-7-11-26(21)2)16-20(19)22(29)17-8-5-4-6-9-17/h4-12,14,19-20,22H,3,13,15-16H2,1-2H3/t19-,20-,22+/m0/s1. The lowest BCUT2D eigenvalue weighted by Crippen LogP contribution is -2.37. The first-order chi connectivity index (χ1) is 15.1. The molecule has 0 bridgehead atoms. The van der Waals surface area contributed by atoms with Gasteiger partial charge in [0.15, 0.2) is 0 Å². The predicted molar refractivity (Wildman–Crippen MR) is 116 cm³/mol. The summed E-state index contributed by atoms with van der Waals surface area (Å²) in [5.41, 5.74) is 2.45. The van der Waals surface area contributed by atoms with Gasteiger partial charge in [-0.3, -0.25) is 14.3 Å². The smallest absolute Gasteiger partial charge is 0.270 e. The number of nitrogens with zero attached hydrogens (tertiary/aromatic N) is 5. The molecule has 3 aromatic rings. The minimum atomic E-state index is -0.0464. The minimum absolute atomic E-state index is 0.0169. The summed E-state index contributed by atoms with van der Waals surface area (Å²) in [6.07, 6.45) is 5.38. The number of amides is 2. The van der Waals surface area contributed by atoms with Gasteiger partial charge in [-0.25, -0.2) is 0 Å². The molecule has 2 amide bonds. The van der Waals surface area contributed by atoms with Gasteiger partial charge in [-0.15, -0.1) is 0 Å². The summed E-state index contributed by atoms with van der Waals surface area (Å²) in [4.78, 5) is 30.5. The van der Waals surface area contributed by atoms with E-state index in [1.807, 2.05) is 71.1 Å². The van der Waals surface area contributed by atoms with Crippen LogP contribution in [0.2, 0.25) is 0 Å². The predicted octanol–water partition coefficient (Wildman–Crippen LogP) is 2.83. The van der Waals surface area contributed by atoms with Crippen molar-refractivity contribution in [2.24, 2.45) is 18.9 Å². The Kier molecular flexibility index (Phi) is 4.88. The molecule has 7 nitrogen and oxygen atoms in total. The van der Waals surface area contributed by atoms with E-state index in [4.69, 9.17) is 0 Å². The molecule has 0 aliphatic carbocycles. The Morgan fingerprint density at radius 3 is 2.52 bits per heavy atom. The molecule has 5 rings (SSSR count). The maximum absolute atomic E-state index is 13.4. The number of benzene rings is 1. The first-order valence-electron chi connectivity index (χ1n) is 10.9. The molecular formula is C24H27N5O2. The Labute approximate surface area is 181 Å². The highest BCUT2D eigenvalue weighted by atomic mass is 16.2. The third-order valence-corrected chi connectivity index (χ3v) is 6.72. The molecule has 0 radical (unpaired) electrons. The Hall–Kier alpha value is -3.35. The largest absolute Gasteiger partial charge is 0.347 e. The topological polar surface area (TPSA) is 63.4 Å². The zero-order valence-electron chi connectivity index (χ0n) is 17.9. The van der Waals surface area contributed by atoms with Crippen molar-refractivity contribution < 1.29 is 9.59 Å². The maximum atomic E-state index is 13.4. The maximum Gasteiger partial charge on any atom is 0.270 e.